The molecule has 2 aromatic carbocycles. The van der Waals surface area contributed by atoms with Crippen molar-refractivity contribution in [2.75, 3.05) is 37.0 Å². The SMILES string of the molecule is COc1cccc(NC(=O)CN2CCN(c3ccc(F)cc3)C2=O)c1. The standard InChI is InChI=1S/C18H18FN3O3/c1-25-16-4-2-3-14(11-16)20-17(23)12-21-9-10-22(18(21)24)15-7-5-13(19)6-8-15/h2-8,11H,9-10,12H2,1H3,(H,20,23). The smallest absolute Gasteiger partial charge is 0.325 e. The molecular formula is C18H18FN3O3. The molecule has 0 aliphatic carbocycles. The fourth-order valence-electron chi connectivity index (χ4n) is 2.66. The van der Waals surface area contributed by atoms with Gasteiger partial charge in [-0.3, -0.25) is 9.69 Å². The fourth-order valence-corrected chi connectivity index (χ4v) is 2.66. The number of amides is 3. The van der Waals surface area contributed by atoms with Crippen LogP contribution in [0, 0.1) is 5.82 Å². The van der Waals surface area contributed by atoms with Gasteiger partial charge in [-0.2, -0.15) is 0 Å². The number of nitrogens with zero attached hydrogens (tertiary/aromatic N) is 2. The molecular weight excluding hydrogens is 325 g/mol. The first-order chi connectivity index (χ1) is 12.1. The van der Waals surface area contributed by atoms with Gasteiger partial charge in [0.2, 0.25) is 5.91 Å². The molecule has 2 aromatic rings. The molecule has 25 heavy (non-hydrogen) atoms. The van der Waals surface area contributed by atoms with Crippen LogP contribution in [-0.4, -0.2) is 43.6 Å². The van der Waals surface area contributed by atoms with Crippen LogP contribution in [0.4, 0.5) is 20.6 Å². The Kier molecular flexibility index (Phi) is 4.83. The third-order valence-electron chi connectivity index (χ3n) is 3.92. The third kappa shape index (κ3) is 3.88. The van der Waals surface area contributed by atoms with Gasteiger partial charge in [-0.25, -0.2) is 9.18 Å². The highest BCUT2D eigenvalue weighted by molar-refractivity contribution is 5.99. The lowest BCUT2D eigenvalue weighted by atomic mass is 10.3. The quantitative estimate of drug-likeness (QED) is 0.908. The number of benzene rings is 2. The van der Waals surface area contributed by atoms with Crippen LogP contribution in [0.15, 0.2) is 48.5 Å². The van der Waals surface area contributed by atoms with E-state index < -0.39 is 0 Å². The number of anilines is 2. The highest BCUT2D eigenvalue weighted by Crippen LogP contribution is 2.21. The molecule has 0 atom stereocenters. The summed E-state index contributed by atoms with van der Waals surface area (Å²) in [7, 11) is 1.55. The molecule has 0 bridgehead atoms. The molecule has 6 nitrogen and oxygen atoms in total. The van der Waals surface area contributed by atoms with Crippen LogP contribution in [-0.2, 0) is 4.79 Å². The Morgan fingerprint density at radius 2 is 1.96 bits per heavy atom. The van der Waals surface area contributed by atoms with Gasteiger partial charge in [0.05, 0.1) is 7.11 Å². The van der Waals surface area contributed by atoms with Crippen molar-refractivity contribution < 1.29 is 18.7 Å². The van der Waals surface area contributed by atoms with E-state index in [1.54, 1.807) is 43.5 Å². The molecule has 0 spiro atoms. The number of carbonyl (C=O) groups excluding carboxylic acids is 2. The predicted molar refractivity (Wildman–Crippen MR) is 92.3 cm³/mol. The number of nitrogens with one attached hydrogen (secondary N) is 1. The number of methoxy groups -OCH3 is 1. The van der Waals surface area contributed by atoms with Gasteiger partial charge in [0, 0.05) is 30.5 Å². The highest BCUT2D eigenvalue weighted by atomic mass is 19.1. The van der Waals surface area contributed by atoms with E-state index >= 15 is 0 Å². The Morgan fingerprint density at radius 3 is 2.68 bits per heavy atom. The number of rotatable bonds is 5. The van der Waals surface area contributed by atoms with Gasteiger partial charge in [-0.1, -0.05) is 6.07 Å². The first-order valence-electron chi connectivity index (χ1n) is 7.83. The summed E-state index contributed by atoms with van der Waals surface area (Å²) in [5, 5.41) is 2.75. The van der Waals surface area contributed by atoms with E-state index in [9.17, 15) is 14.0 Å². The summed E-state index contributed by atoms with van der Waals surface area (Å²) in [6.07, 6.45) is 0. The van der Waals surface area contributed by atoms with Gasteiger partial charge in [0.15, 0.2) is 0 Å². The summed E-state index contributed by atoms with van der Waals surface area (Å²) in [6.45, 7) is 0.840. The minimum absolute atomic E-state index is 0.0479. The van der Waals surface area contributed by atoms with Crippen LogP contribution in [0.3, 0.4) is 0 Å². The van der Waals surface area contributed by atoms with E-state index in [1.807, 2.05) is 0 Å². The van der Waals surface area contributed by atoms with Crippen molar-refractivity contribution in [3.8, 4) is 5.75 Å². The molecule has 1 saturated heterocycles. The lowest BCUT2D eigenvalue weighted by molar-refractivity contribution is -0.116. The number of hydrogen-bond donors (Lipinski definition) is 1. The Balaban J connectivity index is 1.60. The van der Waals surface area contributed by atoms with Gasteiger partial charge in [-0.05, 0) is 36.4 Å². The average molecular weight is 343 g/mol. The second-order valence-electron chi connectivity index (χ2n) is 5.61. The molecule has 1 heterocycles. The molecule has 3 amide bonds. The van der Waals surface area contributed by atoms with E-state index in [1.165, 1.54) is 21.9 Å². The van der Waals surface area contributed by atoms with E-state index in [0.717, 1.165) is 0 Å². The summed E-state index contributed by atoms with van der Waals surface area (Å²) in [6, 6.07) is 12.4. The van der Waals surface area contributed by atoms with Crippen molar-refractivity contribution in [1.82, 2.24) is 4.90 Å². The molecule has 1 N–H and O–H groups in total. The summed E-state index contributed by atoms with van der Waals surface area (Å²) >= 11 is 0. The van der Waals surface area contributed by atoms with Gasteiger partial charge < -0.3 is 15.0 Å². The van der Waals surface area contributed by atoms with E-state index in [2.05, 4.69) is 5.32 Å². The van der Waals surface area contributed by atoms with Crippen molar-refractivity contribution in [3.05, 3.63) is 54.3 Å². The summed E-state index contributed by atoms with van der Waals surface area (Å²) in [4.78, 5) is 27.6. The van der Waals surface area contributed by atoms with E-state index in [4.69, 9.17) is 4.74 Å². The molecule has 0 saturated carbocycles. The average Bonchev–Trinajstić information content (AvgIpc) is 2.96. The molecule has 0 aromatic heterocycles. The van der Waals surface area contributed by atoms with Gasteiger partial charge >= 0.3 is 6.03 Å². The predicted octanol–water partition coefficient (Wildman–Crippen LogP) is 2.72. The van der Waals surface area contributed by atoms with Gasteiger partial charge in [-0.15, -0.1) is 0 Å². The Morgan fingerprint density at radius 1 is 1.20 bits per heavy atom. The van der Waals surface area contributed by atoms with Gasteiger partial charge in [0.25, 0.3) is 0 Å². The fraction of sp³-hybridized carbons (Fsp3) is 0.222. The second kappa shape index (κ2) is 7.21. The van der Waals surface area contributed by atoms with E-state index in [0.29, 0.717) is 30.2 Å². The molecule has 3 rings (SSSR count). The summed E-state index contributed by atoms with van der Waals surface area (Å²) in [5.41, 5.74) is 1.22. The second-order valence-corrected chi connectivity index (χ2v) is 5.61. The van der Waals surface area contributed by atoms with Crippen molar-refractivity contribution in [2.24, 2.45) is 0 Å². The van der Waals surface area contributed by atoms with Crippen molar-refractivity contribution in [1.29, 1.82) is 0 Å². The normalized spacial score (nSPS) is 13.9. The van der Waals surface area contributed by atoms with Crippen LogP contribution >= 0.6 is 0 Å². The zero-order valence-electron chi connectivity index (χ0n) is 13.7. The number of carbonyl (C=O) groups is 2. The third-order valence-corrected chi connectivity index (χ3v) is 3.92. The topological polar surface area (TPSA) is 61.9 Å². The Hall–Kier alpha value is -3.09. The van der Waals surface area contributed by atoms with Crippen molar-refractivity contribution >= 4 is 23.3 Å². The van der Waals surface area contributed by atoms with E-state index in [-0.39, 0.29) is 24.3 Å². The molecule has 130 valence electrons. The zero-order chi connectivity index (χ0) is 17.8. The molecule has 1 fully saturated rings. The maximum Gasteiger partial charge on any atom is 0.325 e. The van der Waals surface area contributed by atoms with Crippen LogP contribution in [0.5, 0.6) is 5.75 Å². The maximum absolute atomic E-state index is 13.0. The van der Waals surface area contributed by atoms with Crippen molar-refractivity contribution in [2.45, 2.75) is 0 Å². The monoisotopic (exact) mass is 343 g/mol. The van der Waals surface area contributed by atoms with Crippen LogP contribution < -0.4 is 15.0 Å². The lowest BCUT2D eigenvalue weighted by Gasteiger charge is -2.18. The van der Waals surface area contributed by atoms with Crippen LogP contribution in [0.1, 0.15) is 0 Å². The van der Waals surface area contributed by atoms with Gasteiger partial charge in [0.1, 0.15) is 18.1 Å². The number of halogens is 1. The number of urea groups is 1. The molecule has 1 aliphatic heterocycles. The minimum Gasteiger partial charge on any atom is -0.497 e. The number of ether oxygens (including phenoxy) is 1. The number of hydrogen-bond acceptors (Lipinski definition) is 3. The molecule has 7 heteroatoms. The summed E-state index contributed by atoms with van der Waals surface area (Å²) < 4.78 is 18.1. The Labute approximate surface area is 144 Å². The summed E-state index contributed by atoms with van der Waals surface area (Å²) in [5.74, 6) is -0.00925. The maximum atomic E-state index is 13.0. The van der Waals surface area contributed by atoms with Crippen molar-refractivity contribution in [3.63, 3.8) is 0 Å². The highest BCUT2D eigenvalue weighted by Gasteiger charge is 2.30. The largest absolute Gasteiger partial charge is 0.497 e. The Bertz CT molecular complexity index is 779. The lowest BCUT2D eigenvalue weighted by Crippen LogP contribution is -2.37. The molecule has 1 aliphatic rings. The first kappa shape index (κ1) is 16.8. The molecule has 0 unspecified atom stereocenters. The zero-order valence-corrected chi connectivity index (χ0v) is 13.7. The minimum atomic E-state index is -0.357. The van der Waals surface area contributed by atoms with Crippen LogP contribution in [0.2, 0.25) is 0 Å². The van der Waals surface area contributed by atoms with Crippen LogP contribution in [0.25, 0.3) is 0 Å². The first-order valence-corrected chi connectivity index (χ1v) is 7.83. The molecule has 0 radical (unpaired) electrons.